The summed E-state index contributed by atoms with van der Waals surface area (Å²) in [4.78, 5) is 10.9. The highest BCUT2D eigenvalue weighted by atomic mass is 16.4. The molecule has 0 aromatic heterocycles. The number of carbonyl (C=O) groups is 1. The first-order chi connectivity index (χ1) is 6.13. The summed E-state index contributed by atoms with van der Waals surface area (Å²) < 4.78 is 0. The number of hydrogen-bond donors (Lipinski definition) is 1. The molecule has 0 aliphatic heterocycles. The molecule has 3 nitrogen and oxygen atoms in total. The van der Waals surface area contributed by atoms with Crippen LogP contribution in [0.4, 0.5) is 0 Å². The van der Waals surface area contributed by atoms with E-state index in [4.69, 9.17) is 10.4 Å². The van der Waals surface area contributed by atoms with E-state index in [1.807, 2.05) is 6.07 Å². The summed E-state index contributed by atoms with van der Waals surface area (Å²) in [6.07, 6.45) is 5.47. The summed E-state index contributed by atoms with van der Waals surface area (Å²) in [6, 6.07) is 1.98. The van der Waals surface area contributed by atoms with Crippen LogP contribution in [0.25, 0.3) is 0 Å². The van der Waals surface area contributed by atoms with Gasteiger partial charge in [-0.15, -0.1) is 0 Å². The van der Waals surface area contributed by atoms with Crippen molar-refractivity contribution in [2.24, 2.45) is 10.8 Å². The van der Waals surface area contributed by atoms with Crippen LogP contribution in [0.5, 0.6) is 0 Å². The van der Waals surface area contributed by atoms with E-state index < -0.39 is 11.4 Å². The maximum Gasteiger partial charge on any atom is 0.324 e. The number of nitriles is 1. The van der Waals surface area contributed by atoms with Gasteiger partial charge in [0.15, 0.2) is 5.41 Å². The van der Waals surface area contributed by atoms with Crippen LogP contribution in [-0.2, 0) is 4.79 Å². The lowest BCUT2D eigenvalue weighted by Crippen LogP contribution is -2.34. The standard InChI is InChI=1S/C10H13NO2/c11-7-10(8(12)13)5-3-9(1-2-9)4-6-10/h1-6H2,(H,12,13). The normalized spacial score (nSPS) is 27.9. The van der Waals surface area contributed by atoms with Gasteiger partial charge in [0, 0.05) is 0 Å². The maximum atomic E-state index is 10.9. The highest BCUT2D eigenvalue weighted by molar-refractivity contribution is 5.78. The number of rotatable bonds is 1. The Kier molecular flexibility index (Phi) is 1.63. The fourth-order valence-electron chi connectivity index (χ4n) is 2.26. The largest absolute Gasteiger partial charge is 0.480 e. The maximum absolute atomic E-state index is 10.9. The summed E-state index contributed by atoms with van der Waals surface area (Å²) in [6.45, 7) is 0. The number of carboxylic acid groups (broad SMARTS) is 1. The van der Waals surface area contributed by atoms with Crippen molar-refractivity contribution in [2.45, 2.75) is 38.5 Å². The second kappa shape index (κ2) is 2.47. The van der Waals surface area contributed by atoms with E-state index in [2.05, 4.69) is 0 Å². The van der Waals surface area contributed by atoms with Crippen molar-refractivity contribution in [1.82, 2.24) is 0 Å². The van der Waals surface area contributed by atoms with Crippen molar-refractivity contribution in [3.8, 4) is 6.07 Å². The van der Waals surface area contributed by atoms with E-state index in [9.17, 15) is 4.79 Å². The van der Waals surface area contributed by atoms with Crippen LogP contribution in [-0.4, -0.2) is 11.1 Å². The van der Waals surface area contributed by atoms with Crippen molar-refractivity contribution >= 4 is 5.97 Å². The van der Waals surface area contributed by atoms with Crippen molar-refractivity contribution in [3.63, 3.8) is 0 Å². The fourth-order valence-corrected chi connectivity index (χ4v) is 2.26. The Morgan fingerprint density at radius 1 is 1.15 bits per heavy atom. The molecule has 0 atom stereocenters. The SMILES string of the molecule is N#CC1(C(=O)O)CCC2(CC2)CC1. The molecule has 2 aliphatic carbocycles. The number of carboxylic acids is 1. The molecule has 0 heterocycles. The Morgan fingerprint density at radius 3 is 1.92 bits per heavy atom. The molecule has 0 radical (unpaired) electrons. The third kappa shape index (κ3) is 1.21. The first-order valence-corrected chi connectivity index (χ1v) is 4.77. The molecule has 3 heteroatoms. The smallest absolute Gasteiger partial charge is 0.324 e. The van der Waals surface area contributed by atoms with Crippen LogP contribution in [0.3, 0.4) is 0 Å². The van der Waals surface area contributed by atoms with Gasteiger partial charge in [-0.2, -0.15) is 5.26 Å². The molecule has 2 rings (SSSR count). The Hall–Kier alpha value is -1.04. The fraction of sp³-hybridized carbons (Fsp3) is 0.800. The summed E-state index contributed by atoms with van der Waals surface area (Å²) in [5, 5.41) is 17.8. The van der Waals surface area contributed by atoms with Gasteiger partial charge >= 0.3 is 5.97 Å². The molecule has 2 saturated carbocycles. The Labute approximate surface area is 77.4 Å². The van der Waals surface area contributed by atoms with Crippen LogP contribution in [0.15, 0.2) is 0 Å². The lowest BCUT2D eigenvalue weighted by molar-refractivity contribution is -0.147. The Balaban J connectivity index is 2.10. The molecule has 0 unspecified atom stereocenters. The lowest BCUT2D eigenvalue weighted by Gasteiger charge is -2.31. The van der Waals surface area contributed by atoms with E-state index in [-0.39, 0.29) is 0 Å². The predicted octanol–water partition coefficient (Wildman–Crippen LogP) is 1.94. The molecule has 2 aliphatic rings. The van der Waals surface area contributed by atoms with Crippen LogP contribution in [0, 0.1) is 22.2 Å². The van der Waals surface area contributed by atoms with Gasteiger partial charge in [0.05, 0.1) is 6.07 Å². The van der Waals surface area contributed by atoms with Gasteiger partial charge in [-0.25, -0.2) is 0 Å². The Morgan fingerprint density at radius 2 is 1.62 bits per heavy atom. The Bertz CT molecular complexity index is 276. The second-order valence-electron chi connectivity index (χ2n) is 4.50. The van der Waals surface area contributed by atoms with E-state index in [1.54, 1.807) is 0 Å². The molecule has 1 spiro atoms. The number of aliphatic carboxylic acids is 1. The third-order valence-corrected chi connectivity index (χ3v) is 3.74. The molecule has 0 aromatic rings. The predicted molar refractivity (Wildman–Crippen MR) is 45.8 cm³/mol. The molecule has 2 fully saturated rings. The summed E-state index contributed by atoms with van der Waals surface area (Å²) >= 11 is 0. The summed E-state index contributed by atoms with van der Waals surface area (Å²) in [5.41, 5.74) is -0.607. The van der Waals surface area contributed by atoms with Gasteiger partial charge in [-0.3, -0.25) is 4.79 Å². The van der Waals surface area contributed by atoms with Gasteiger partial charge in [-0.05, 0) is 43.9 Å². The molecule has 0 saturated heterocycles. The van der Waals surface area contributed by atoms with E-state index >= 15 is 0 Å². The van der Waals surface area contributed by atoms with E-state index in [0.29, 0.717) is 18.3 Å². The topological polar surface area (TPSA) is 61.1 Å². The minimum absolute atomic E-state index is 0.454. The molecule has 0 aromatic carbocycles. The summed E-state index contributed by atoms with van der Waals surface area (Å²) in [5.74, 6) is -0.925. The van der Waals surface area contributed by atoms with Crippen LogP contribution in [0.1, 0.15) is 38.5 Å². The summed E-state index contributed by atoms with van der Waals surface area (Å²) in [7, 11) is 0. The molecule has 70 valence electrons. The number of nitrogens with zero attached hydrogens (tertiary/aromatic N) is 1. The molecule has 13 heavy (non-hydrogen) atoms. The first kappa shape index (κ1) is 8.55. The minimum atomic E-state index is -1.06. The van der Waals surface area contributed by atoms with Crippen molar-refractivity contribution in [3.05, 3.63) is 0 Å². The van der Waals surface area contributed by atoms with Crippen molar-refractivity contribution in [2.75, 3.05) is 0 Å². The average molecular weight is 179 g/mol. The zero-order chi connectivity index (χ0) is 9.53. The van der Waals surface area contributed by atoms with Gasteiger partial charge in [0.2, 0.25) is 0 Å². The zero-order valence-electron chi connectivity index (χ0n) is 7.55. The van der Waals surface area contributed by atoms with Crippen molar-refractivity contribution < 1.29 is 9.90 Å². The zero-order valence-corrected chi connectivity index (χ0v) is 7.55. The third-order valence-electron chi connectivity index (χ3n) is 3.74. The molecule has 0 amide bonds. The minimum Gasteiger partial charge on any atom is -0.480 e. The van der Waals surface area contributed by atoms with Gasteiger partial charge in [0.25, 0.3) is 0 Å². The molecule has 0 bridgehead atoms. The molecular formula is C10H13NO2. The van der Waals surface area contributed by atoms with Crippen LogP contribution in [0.2, 0.25) is 0 Å². The monoisotopic (exact) mass is 179 g/mol. The van der Waals surface area contributed by atoms with Crippen LogP contribution >= 0.6 is 0 Å². The van der Waals surface area contributed by atoms with E-state index in [0.717, 1.165) is 12.8 Å². The first-order valence-electron chi connectivity index (χ1n) is 4.77. The highest BCUT2D eigenvalue weighted by Crippen LogP contribution is 2.59. The van der Waals surface area contributed by atoms with Gasteiger partial charge in [0.1, 0.15) is 0 Å². The molecular weight excluding hydrogens is 166 g/mol. The quantitative estimate of drug-likeness (QED) is 0.669. The van der Waals surface area contributed by atoms with E-state index in [1.165, 1.54) is 12.8 Å². The lowest BCUT2D eigenvalue weighted by atomic mass is 9.70. The van der Waals surface area contributed by atoms with Gasteiger partial charge in [-0.1, -0.05) is 0 Å². The van der Waals surface area contributed by atoms with Gasteiger partial charge < -0.3 is 5.11 Å². The van der Waals surface area contributed by atoms with Crippen molar-refractivity contribution in [1.29, 1.82) is 5.26 Å². The molecule has 1 N–H and O–H groups in total. The van der Waals surface area contributed by atoms with Crippen LogP contribution < -0.4 is 0 Å². The highest BCUT2D eigenvalue weighted by Gasteiger charge is 2.52. The number of hydrogen-bond acceptors (Lipinski definition) is 2. The second-order valence-corrected chi connectivity index (χ2v) is 4.50. The average Bonchev–Trinajstić information content (AvgIpc) is 2.87.